The van der Waals surface area contributed by atoms with Crippen molar-refractivity contribution in [3.63, 3.8) is 0 Å². The minimum atomic E-state index is -0.928. The molecule has 0 aliphatic carbocycles. The number of furan rings is 1. The van der Waals surface area contributed by atoms with Crippen LogP contribution in [0.25, 0.3) is 0 Å². The van der Waals surface area contributed by atoms with Gasteiger partial charge in [0.05, 0.1) is 12.0 Å². The lowest BCUT2D eigenvalue weighted by Gasteiger charge is -2.20. The van der Waals surface area contributed by atoms with Gasteiger partial charge in [-0.15, -0.1) is 0 Å². The summed E-state index contributed by atoms with van der Waals surface area (Å²) in [5.41, 5.74) is 0.588. The molecule has 0 aliphatic heterocycles. The predicted octanol–water partition coefficient (Wildman–Crippen LogP) is 5.02. The van der Waals surface area contributed by atoms with Crippen molar-refractivity contribution in [3.05, 3.63) is 77.7 Å². The van der Waals surface area contributed by atoms with Crippen molar-refractivity contribution < 1.29 is 23.5 Å². The monoisotopic (exact) mass is 486 g/mol. The zero-order valence-electron chi connectivity index (χ0n) is 18.0. The van der Waals surface area contributed by atoms with Gasteiger partial charge in [-0.05, 0) is 54.4 Å². The van der Waals surface area contributed by atoms with Crippen molar-refractivity contribution in [2.45, 2.75) is 29.7 Å². The van der Waals surface area contributed by atoms with Gasteiger partial charge in [-0.3, -0.25) is 9.59 Å². The molecule has 0 spiro atoms. The number of carbonyl (C=O) groups excluding carboxylic acids is 3. The van der Waals surface area contributed by atoms with Crippen LogP contribution >= 0.6 is 23.4 Å². The largest absolute Gasteiger partial charge is 0.459 e. The summed E-state index contributed by atoms with van der Waals surface area (Å²) in [5, 5.41) is 5.99. The van der Waals surface area contributed by atoms with E-state index in [2.05, 4.69) is 10.6 Å². The Morgan fingerprint density at radius 2 is 1.76 bits per heavy atom. The van der Waals surface area contributed by atoms with Gasteiger partial charge in [0.15, 0.2) is 12.4 Å². The number of anilines is 1. The van der Waals surface area contributed by atoms with Crippen LogP contribution in [0.15, 0.2) is 81.1 Å². The molecule has 0 saturated carbocycles. The summed E-state index contributed by atoms with van der Waals surface area (Å²) >= 11 is 7.40. The molecule has 1 heterocycles. The van der Waals surface area contributed by atoms with Gasteiger partial charge in [-0.1, -0.05) is 49.3 Å². The normalized spacial score (nSPS) is 11.6. The first-order chi connectivity index (χ1) is 15.8. The highest BCUT2D eigenvalue weighted by Gasteiger charge is 2.27. The van der Waals surface area contributed by atoms with Crippen LogP contribution in [-0.2, 0) is 14.3 Å². The molecule has 7 nitrogen and oxygen atoms in total. The molecule has 172 valence electrons. The Bertz CT molecular complexity index is 1100. The maximum Gasteiger partial charge on any atom is 0.329 e. The Hall–Kier alpha value is -3.23. The fraction of sp³-hybridized carbons (Fsp3) is 0.208. The van der Waals surface area contributed by atoms with Crippen LogP contribution in [-0.4, -0.2) is 30.4 Å². The van der Waals surface area contributed by atoms with Crippen LogP contribution in [0.1, 0.15) is 24.4 Å². The number of hydrogen-bond donors (Lipinski definition) is 2. The van der Waals surface area contributed by atoms with Gasteiger partial charge in [0.2, 0.25) is 0 Å². The lowest BCUT2D eigenvalue weighted by Crippen LogP contribution is -2.45. The number of halogens is 1. The minimum Gasteiger partial charge on any atom is -0.459 e. The fourth-order valence-corrected chi connectivity index (χ4v) is 3.85. The number of para-hydroxylation sites is 1. The highest BCUT2D eigenvalue weighted by molar-refractivity contribution is 7.99. The Labute approximate surface area is 200 Å². The molecule has 33 heavy (non-hydrogen) atoms. The molecule has 0 saturated heterocycles. The van der Waals surface area contributed by atoms with Crippen LogP contribution in [0.2, 0.25) is 5.02 Å². The fourth-order valence-electron chi connectivity index (χ4n) is 2.82. The third kappa shape index (κ3) is 7.13. The van der Waals surface area contributed by atoms with Crippen molar-refractivity contribution in [1.82, 2.24) is 5.32 Å². The average molecular weight is 487 g/mol. The summed E-state index contributed by atoms with van der Waals surface area (Å²) in [7, 11) is 0. The van der Waals surface area contributed by atoms with E-state index in [1.54, 1.807) is 44.2 Å². The topological polar surface area (TPSA) is 97.6 Å². The molecule has 1 aromatic heterocycles. The third-order valence-electron chi connectivity index (χ3n) is 4.50. The van der Waals surface area contributed by atoms with Crippen LogP contribution in [0.5, 0.6) is 0 Å². The highest BCUT2D eigenvalue weighted by Crippen LogP contribution is 2.33. The standard InChI is InChI=1S/C24H23ClN2O5S/c1-15(2)22(27-23(29)19-7-5-13-31-19)24(30)32-14-21(28)26-18-6-3-4-8-20(18)33-17-11-9-16(25)10-12-17/h3-13,15,22H,14H2,1-2H3,(H,26,28)(H,27,29)/t22-/m1/s1. The Kier molecular flexibility index (Phi) is 8.57. The Balaban J connectivity index is 1.57. The van der Waals surface area contributed by atoms with Crippen molar-refractivity contribution in [1.29, 1.82) is 0 Å². The molecule has 3 aromatic rings. The quantitative estimate of drug-likeness (QED) is 0.412. The molecule has 2 amide bonds. The van der Waals surface area contributed by atoms with E-state index in [1.807, 2.05) is 24.3 Å². The molecule has 0 aliphatic rings. The molecular formula is C24H23ClN2O5S. The number of carbonyl (C=O) groups is 3. The van der Waals surface area contributed by atoms with Crippen LogP contribution in [0.3, 0.4) is 0 Å². The second kappa shape index (κ2) is 11.6. The number of hydrogen-bond acceptors (Lipinski definition) is 6. The number of esters is 1. The summed E-state index contributed by atoms with van der Waals surface area (Å²) in [4.78, 5) is 39.0. The van der Waals surface area contributed by atoms with Crippen molar-refractivity contribution in [3.8, 4) is 0 Å². The highest BCUT2D eigenvalue weighted by atomic mass is 35.5. The summed E-state index contributed by atoms with van der Waals surface area (Å²) < 4.78 is 10.2. The molecule has 1 atom stereocenters. The van der Waals surface area contributed by atoms with E-state index in [9.17, 15) is 14.4 Å². The van der Waals surface area contributed by atoms with E-state index in [1.165, 1.54) is 24.1 Å². The lowest BCUT2D eigenvalue weighted by atomic mass is 10.0. The molecule has 0 radical (unpaired) electrons. The van der Waals surface area contributed by atoms with Gasteiger partial charge in [0, 0.05) is 14.8 Å². The number of benzene rings is 2. The zero-order chi connectivity index (χ0) is 23.8. The average Bonchev–Trinajstić information content (AvgIpc) is 3.33. The van der Waals surface area contributed by atoms with Crippen LogP contribution < -0.4 is 10.6 Å². The molecule has 0 bridgehead atoms. The Morgan fingerprint density at radius 1 is 1.03 bits per heavy atom. The molecule has 9 heteroatoms. The summed E-state index contributed by atoms with van der Waals surface area (Å²) in [5.74, 6) is -1.90. The zero-order valence-corrected chi connectivity index (χ0v) is 19.6. The maximum atomic E-state index is 12.5. The van der Waals surface area contributed by atoms with Gasteiger partial charge >= 0.3 is 5.97 Å². The van der Waals surface area contributed by atoms with Crippen LogP contribution in [0.4, 0.5) is 5.69 Å². The lowest BCUT2D eigenvalue weighted by molar-refractivity contribution is -0.150. The van der Waals surface area contributed by atoms with Gasteiger partial charge in [0.1, 0.15) is 6.04 Å². The first-order valence-corrected chi connectivity index (χ1v) is 11.4. The van der Waals surface area contributed by atoms with Gasteiger partial charge < -0.3 is 19.8 Å². The van der Waals surface area contributed by atoms with Crippen molar-refractivity contribution >= 4 is 46.8 Å². The first kappa shape index (κ1) is 24.4. The van der Waals surface area contributed by atoms with Crippen LogP contribution in [0, 0.1) is 5.92 Å². The second-order valence-electron chi connectivity index (χ2n) is 7.38. The van der Waals surface area contributed by atoms with E-state index in [4.69, 9.17) is 20.8 Å². The minimum absolute atomic E-state index is 0.0842. The van der Waals surface area contributed by atoms with E-state index in [0.717, 1.165) is 9.79 Å². The van der Waals surface area contributed by atoms with E-state index >= 15 is 0 Å². The van der Waals surface area contributed by atoms with E-state index in [-0.39, 0.29) is 11.7 Å². The molecule has 2 aromatic carbocycles. The van der Waals surface area contributed by atoms with E-state index < -0.39 is 30.4 Å². The molecular weight excluding hydrogens is 464 g/mol. The number of amides is 2. The molecule has 3 rings (SSSR count). The van der Waals surface area contributed by atoms with Gasteiger partial charge in [-0.2, -0.15) is 0 Å². The number of rotatable bonds is 9. The summed E-state index contributed by atoms with van der Waals surface area (Å²) in [6.07, 6.45) is 1.37. The Morgan fingerprint density at radius 3 is 2.42 bits per heavy atom. The first-order valence-electron chi connectivity index (χ1n) is 10.2. The molecule has 0 fully saturated rings. The summed E-state index contributed by atoms with van der Waals surface area (Å²) in [6, 6.07) is 16.8. The number of nitrogens with one attached hydrogen (secondary N) is 2. The SMILES string of the molecule is CC(C)[C@@H](NC(=O)c1ccco1)C(=O)OCC(=O)Nc1ccccc1Sc1ccc(Cl)cc1. The second-order valence-corrected chi connectivity index (χ2v) is 8.93. The number of ether oxygens (including phenoxy) is 1. The van der Waals surface area contributed by atoms with Crippen molar-refractivity contribution in [2.24, 2.45) is 5.92 Å². The maximum absolute atomic E-state index is 12.5. The van der Waals surface area contributed by atoms with Gasteiger partial charge in [0.25, 0.3) is 11.8 Å². The van der Waals surface area contributed by atoms with Gasteiger partial charge in [-0.25, -0.2) is 4.79 Å². The third-order valence-corrected chi connectivity index (χ3v) is 5.84. The molecule has 0 unspecified atom stereocenters. The van der Waals surface area contributed by atoms with E-state index in [0.29, 0.717) is 10.7 Å². The van der Waals surface area contributed by atoms with Crippen molar-refractivity contribution in [2.75, 3.05) is 11.9 Å². The smallest absolute Gasteiger partial charge is 0.329 e. The summed E-state index contributed by atoms with van der Waals surface area (Å²) in [6.45, 7) is 3.04. The molecule has 2 N–H and O–H groups in total. The predicted molar refractivity (Wildman–Crippen MR) is 126 cm³/mol.